The molecule has 3 heteroatoms. The van der Waals surface area contributed by atoms with Crippen molar-refractivity contribution in [1.29, 1.82) is 0 Å². The molecule has 0 atom stereocenters. The average Bonchev–Trinajstić information content (AvgIpc) is 2.54. The van der Waals surface area contributed by atoms with E-state index in [0.717, 1.165) is 12.0 Å². The fourth-order valence-electron chi connectivity index (χ4n) is 2.25. The van der Waals surface area contributed by atoms with E-state index >= 15 is 0 Å². The fraction of sp³-hybridized carbons (Fsp3) is 0.250. The van der Waals surface area contributed by atoms with Crippen molar-refractivity contribution in [2.45, 2.75) is 26.3 Å². The van der Waals surface area contributed by atoms with Crippen molar-refractivity contribution >= 4 is 17.5 Å². The lowest BCUT2D eigenvalue weighted by Gasteiger charge is -2.24. The van der Waals surface area contributed by atoms with Gasteiger partial charge in [0, 0.05) is 29.1 Å². The number of carbonyl (C=O) groups is 1. The number of halogens is 1. The third-order valence-electron chi connectivity index (χ3n) is 3.51. The normalized spacial score (nSPS) is 10.1. The lowest BCUT2D eigenvalue weighted by Crippen LogP contribution is -2.37. The van der Waals surface area contributed by atoms with Crippen LogP contribution >= 0.6 is 11.6 Å². The number of hydrogen-bond acceptors (Lipinski definition) is 1. The van der Waals surface area contributed by atoms with Crippen LogP contribution in [0.2, 0.25) is 5.02 Å². The maximum atomic E-state index is 12.4. The van der Waals surface area contributed by atoms with Gasteiger partial charge >= 0.3 is 0 Å². The second-order valence-electron chi connectivity index (χ2n) is 5.59. The van der Waals surface area contributed by atoms with Gasteiger partial charge in [0.05, 0.1) is 0 Å². The Morgan fingerprint density at radius 1 is 1.13 bits per heavy atom. The highest BCUT2D eigenvalue weighted by molar-refractivity contribution is 6.30. The van der Waals surface area contributed by atoms with Gasteiger partial charge < -0.3 is 4.90 Å². The van der Waals surface area contributed by atoms with Crippen molar-refractivity contribution in [3.63, 3.8) is 0 Å². The third kappa shape index (κ3) is 5.47. The molecule has 0 N–H and O–H groups in total. The van der Waals surface area contributed by atoms with E-state index in [-0.39, 0.29) is 11.9 Å². The first-order valence-electron chi connectivity index (χ1n) is 7.68. The summed E-state index contributed by atoms with van der Waals surface area (Å²) in [4.78, 5) is 14.2. The Hall–Kier alpha value is -2.24. The zero-order chi connectivity index (χ0) is 16.7. The number of amides is 1. The van der Waals surface area contributed by atoms with Crippen LogP contribution in [0.3, 0.4) is 0 Å². The van der Waals surface area contributed by atoms with Crippen LogP contribution in [-0.4, -0.2) is 23.4 Å². The highest BCUT2D eigenvalue weighted by atomic mass is 35.5. The summed E-state index contributed by atoms with van der Waals surface area (Å²) in [5, 5.41) is 0.619. The average molecular weight is 326 g/mol. The standard InChI is InChI=1S/C20H20ClNO/c1-16(2)22(14-13-17-7-4-3-5-8-17)20(23)12-11-18-9-6-10-19(21)15-18/h3-10,15-16H,13-14H2,1-2H3. The number of rotatable bonds is 4. The molecule has 0 heterocycles. The Bertz CT molecular complexity index is 713. The van der Waals surface area contributed by atoms with Crippen LogP contribution in [0, 0.1) is 11.8 Å². The SMILES string of the molecule is CC(C)N(CCc1ccccc1)C(=O)C#Cc1cccc(Cl)c1. The smallest absolute Gasteiger partial charge is 0.299 e. The molecule has 0 aliphatic rings. The number of benzene rings is 2. The monoisotopic (exact) mass is 325 g/mol. The summed E-state index contributed by atoms with van der Waals surface area (Å²) in [5.74, 6) is 5.46. The highest BCUT2D eigenvalue weighted by Crippen LogP contribution is 2.09. The lowest BCUT2D eigenvalue weighted by atomic mass is 10.1. The summed E-state index contributed by atoms with van der Waals surface area (Å²) in [6.45, 7) is 4.67. The van der Waals surface area contributed by atoms with Gasteiger partial charge in [0.1, 0.15) is 0 Å². The molecule has 0 spiro atoms. The maximum absolute atomic E-state index is 12.4. The van der Waals surface area contributed by atoms with Gasteiger partial charge in [-0.3, -0.25) is 4.79 Å². The Balaban J connectivity index is 2.04. The van der Waals surface area contributed by atoms with E-state index in [9.17, 15) is 4.79 Å². The summed E-state index contributed by atoms with van der Waals surface area (Å²) >= 11 is 5.93. The molecule has 1 amide bonds. The van der Waals surface area contributed by atoms with Gasteiger partial charge in [0.15, 0.2) is 0 Å². The molecule has 0 unspecified atom stereocenters. The van der Waals surface area contributed by atoms with Gasteiger partial charge in [0.2, 0.25) is 0 Å². The molecular formula is C20H20ClNO. The van der Waals surface area contributed by atoms with Gasteiger partial charge in [-0.25, -0.2) is 0 Å². The molecule has 0 saturated carbocycles. The third-order valence-corrected chi connectivity index (χ3v) is 3.74. The van der Waals surface area contributed by atoms with Gasteiger partial charge in [-0.15, -0.1) is 0 Å². The molecule has 2 aromatic rings. The first kappa shape index (κ1) is 17.1. The summed E-state index contributed by atoms with van der Waals surface area (Å²) in [7, 11) is 0. The molecule has 2 nitrogen and oxygen atoms in total. The summed E-state index contributed by atoms with van der Waals surface area (Å²) in [6, 6.07) is 17.5. The fourth-order valence-corrected chi connectivity index (χ4v) is 2.44. The van der Waals surface area contributed by atoms with Crippen LogP contribution in [0.1, 0.15) is 25.0 Å². The van der Waals surface area contributed by atoms with E-state index in [2.05, 4.69) is 24.0 Å². The van der Waals surface area contributed by atoms with E-state index in [1.165, 1.54) is 5.56 Å². The number of nitrogens with zero attached hydrogens (tertiary/aromatic N) is 1. The second-order valence-corrected chi connectivity index (χ2v) is 6.02. The quantitative estimate of drug-likeness (QED) is 0.773. The van der Waals surface area contributed by atoms with Gasteiger partial charge in [0.25, 0.3) is 5.91 Å². The Morgan fingerprint density at radius 3 is 2.52 bits per heavy atom. The molecule has 2 rings (SSSR count). The molecule has 0 saturated heterocycles. The van der Waals surface area contributed by atoms with E-state index in [4.69, 9.17) is 11.6 Å². The van der Waals surface area contributed by atoms with E-state index in [0.29, 0.717) is 11.6 Å². The molecule has 0 aliphatic carbocycles. The zero-order valence-corrected chi connectivity index (χ0v) is 14.2. The molecule has 0 radical (unpaired) electrons. The number of carbonyl (C=O) groups excluding carboxylic acids is 1. The summed E-state index contributed by atoms with van der Waals surface area (Å²) in [5.41, 5.74) is 1.96. The predicted octanol–water partition coefficient (Wildman–Crippen LogP) is 4.17. The van der Waals surface area contributed by atoms with Crippen molar-refractivity contribution in [1.82, 2.24) is 4.90 Å². The summed E-state index contributed by atoms with van der Waals surface area (Å²) in [6.07, 6.45) is 0.823. The number of hydrogen-bond donors (Lipinski definition) is 0. The minimum Gasteiger partial charge on any atom is -0.329 e. The molecule has 118 valence electrons. The van der Waals surface area contributed by atoms with Crippen molar-refractivity contribution in [2.24, 2.45) is 0 Å². The van der Waals surface area contributed by atoms with Crippen molar-refractivity contribution in [2.75, 3.05) is 6.54 Å². The van der Waals surface area contributed by atoms with Crippen LogP contribution in [0.5, 0.6) is 0 Å². The highest BCUT2D eigenvalue weighted by Gasteiger charge is 2.14. The molecule has 0 bridgehead atoms. The Morgan fingerprint density at radius 2 is 1.87 bits per heavy atom. The molecule has 2 aromatic carbocycles. The Labute approximate surface area is 143 Å². The predicted molar refractivity (Wildman–Crippen MR) is 95.3 cm³/mol. The van der Waals surface area contributed by atoms with Gasteiger partial charge in [-0.2, -0.15) is 0 Å². The van der Waals surface area contributed by atoms with Gasteiger partial charge in [-0.1, -0.05) is 53.9 Å². The molecule has 0 aromatic heterocycles. The van der Waals surface area contributed by atoms with Crippen molar-refractivity contribution in [3.05, 3.63) is 70.7 Å². The molecule has 0 fully saturated rings. The van der Waals surface area contributed by atoms with Crippen LogP contribution < -0.4 is 0 Å². The van der Waals surface area contributed by atoms with Crippen LogP contribution in [0.4, 0.5) is 0 Å². The first-order chi connectivity index (χ1) is 11.1. The van der Waals surface area contributed by atoms with E-state index in [1.54, 1.807) is 17.0 Å². The van der Waals surface area contributed by atoms with E-state index < -0.39 is 0 Å². The lowest BCUT2D eigenvalue weighted by molar-refractivity contribution is -0.126. The van der Waals surface area contributed by atoms with Crippen LogP contribution in [0.15, 0.2) is 54.6 Å². The van der Waals surface area contributed by atoms with Crippen LogP contribution in [-0.2, 0) is 11.2 Å². The minimum absolute atomic E-state index is 0.111. The van der Waals surface area contributed by atoms with Crippen molar-refractivity contribution in [3.8, 4) is 11.8 Å². The summed E-state index contributed by atoms with van der Waals surface area (Å²) < 4.78 is 0. The molecule has 23 heavy (non-hydrogen) atoms. The van der Waals surface area contributed by atoms with Crippen LogP contribution in [0.25, 0.3) is 0 Å². The maximum Gasteiger partial charge on any atom is 0.299 e. The largest absolute Gasteiger partial charge is 0.329 e. The zero-order valence-electron chi connectivity index (χ0n) is 13.4. The molecular weight excluding hydrogens is 306 g/mol. The van der Waals surface area contributed by atoms with E-state index in [1.807, 2.05) is 44.2 Å². The minimum atomic E-state index is -0.157. The topological polar surface area (TPSA) is 20.3 Å². The second kappa shape index (κ2) is 8.41. The Kier molecular flexibility index (Phi) is 6.26. The van der Waals surface area contributed by atoms with Gasteiger partial charge in [-0.05, 0) is 44.0 Å². The molecule has 0 aliphatic heterocycles. The first-order valence-corrected chi connectivity index (χ1v) is 8.06. The van der Waals surface area contributed by atoms with Crippen molar-refractivity contribution < 1.29 is 4.79 Å².